The standard InChI is InChI=1S/C11H23N/c1-11(2,3)8-9-4-6-10(12)7-5-9/h9-10H,4-8,12H2,1-3H3/t9-,10+. The molecule has 0 heterocycles. The van der Waals surface area contributed by atoms with E-state index in [4.69, 9.17) is 5.73 Å². The van der Waals surface area contributed by atoms with E-state index < -0.39 is 0 Å². The van der Waals surface area contributed by atoms with Gasteiger partial charge < -0.3 is 5.73 Å². The van der Waals surface area contributed by atoms with Crippen LogP contribution in [0.4, 0.5) is 0 Å². The van der Waals surface area contributed by atoms with Gasteiger partial charge in [-0.1, -0.05) is 20.8 Å². The molecule has 1 saturated carbocycles. The zero-order chi connectivity index (χ0) is 9.19. The van der Waals surface area contributed by atoms with Gasteiger partial charge in [-0.05, 0) is 43.4 Å². The maximum Gasteiger partial charge on any atom is 0.00390 e. The molecule has 0 bridgehead atoms. The topological polar surface area (TPSA) is 26.0 Å². The number of nitrogens with two attached hydrogens (primary N) is 1. The predicted molar refractivity (Wildman–Crippen MR) is 54.0 cm³/mol. The minimum Gasteiger partial charge on any atom is -0.328 e. The van der Waals surface area contributed by atoms with Gasteiger partial charge in [0, 0.05) is 6.04 Å². The lowest BCUT2D eigenvalue weighted by Crippen LogP contribution is -2.28. The maximum absolute atomic E-state index is 5.86. The van der Waals surface area contributed by atoms with Gasteiger partial charge in [0.1, 0.15) is 0 Å². The highest BCUT2D eigenvalue weighted by Crippen LogP contribution is 2.33. The summed E-state index contributed by atoms with van der Waals surface area (Å²) >= 11 is 0. The maximum atomic E-state index is 5.86. The van der Waals surface area contributed by atoms with Crippen LogP contribution in [0.5, 0.6) is 0 Å². The molecule has 0 aromatic heterocycles. The van der Waals surface area contributed by atoms with Crippen molar-refractivity contribution in [2.24, 2.45) is 17.1 Å². The Morgan fingerprint density at radius 1 is 1.08 bits per heavy atom. The fourth-order valence-electron chi connectivity index (χ4n) is 2.26. The third-order valence-electron chi connectivity index (χ3n) is 2.79. The minimum absolute atomic E-state index is 0.501. The summed E-state index contributed by atoms with van der Waals surface area (Å²) < 4.78 is 0. The molecule has 1 aliphatic carbocycles. The average Bonchev–Trinajstić information content (AvgIpc) is 1.91. The van der Waals surface area contributed by atoms with Gasteiger partial charge in [-0.25, -0.2) is 0 Å². The molecule has 12 heavy (non-hydrogen) atoms. The summed E-state index contributed by atoms with van der Waals surface area (Å²) in [6.07, 6.45) is 6.60. The van der Waals surface area contributed by atoms with Crippen LogP contribution in [-0.2, 0) is 0 Å². The SMILES string of the molecule is CC(C)(C)C[C@H]1CC[C@@H](N)CC1. The van der Waals surface area contributed by atoms with Crippen molar-refractivity contribution in [3.63, 3.8) is 0 Å². The summed E-state index contributed by atoms with van der Waals surface area (Å²) in [4.78, 5) is 0. The van der Waals surface area contributed by atoms with Crippen LogP contribution < -0.4 is 5.73 Å². The molecule has 1 rings (SSSR count). The Kier molecular flexibility index (Phi) is 3.16. The Bertz CT molecular complexity index is 126. The fraction of sp³-hybridized carbons (Fsp3) is 1.00. The second-order valence-electron chi connectivity index (χ2n) is 5.55. The second kappa shape index (κ2) is 3.78. The quantitative estimate of drug-likeness (QED) is 0.641. The van der Waals surface area contributed by atoms with Crippen LogP contribution in [0.15, 0.2) is 0 Å². The van der Waals surface area contributed by atoms with E-state index in [0.717, 1.165) is 5.92 Å². The van der Waals surface area contributed by atoms with Gasteiger partial charge in [0.05, 0.1) is 0 Å². The summed E-state index contributed by atoms with van der Waals surface area (Å²) in [5, 5.41) is 0. The van der Waals surface area contributed by atoms with E-state index in [1.807, 2.05) is 0 Å². The molecule has 0 aliphatic heterocycles. The van der Waals surface area contributed by atoms with Crippen molar-refractivity contribution in [2.75, 3.05) is 0 Å². The van der Waals surface area contributed by atoms with E-state index in [2.05, 4.69) is 20.8 Å². The van der Waals surface area contributed by atoms with Crippen molar-refractivity contribution < 1.29 is 0 Å². The Morgan fingerprint density at radius 2 is 1.58 bits per heavy atom. The van der Waals surface area contributed by atoms with Crippen LogP contribution in [0.1, 0.15) is 52.9 Å². The second-order valence-corrected chi connectivity index (χ2v) is 5.55. The van der Waals surface area contributed by atoms with E-state index in [9.17, 15) is 0 Å². The Morgan fingerprint density at radius 3 is 2.00 bits per heavy atom. The Balaban J connectivity index is 2.26. The third-order valence-corrected chi connectivity index (χ3v) is 2.79. The van der Waals surface area contributed by atoms with Gasteiger partial charge in [-0.15, -0.1) is 0 Å². The van der Waals surface area contributed by atoms with Crippen molar-refractivity contribution in [1.29, 1.82) is 0 Å². The number of rotatable bonds is 1. The number of hydrogen-bond acceptors (Lipinski definition) is 1. The van der Waals surface area contributed by atoms with E-state index >= 15 is 0 Å². The van der Waals surface area contributed by atoms with Gasteiger partial charge in [-0.3, -0.25) is 0 Å². The van der Waals surface area contributed by atoms with Crippen LogP contribution in [0, 0.1) is 11.3 Å². The lowest BCUT2D eigenvalue weighted by atomic mass is 9.76. The zero-order valence-electron chi connectivity index (χ0n) is 8.77. The highest BCUT2D eigenvalue weighted by atomic mass is 14.6. The van der Waals surface area contributed by atoms with Gasteiger partial charge >= 0.3 is 0 Å². The van der Waals surface area contributed by atoms with Crippen molar-refractivity contribution in [3.05, 3.63) is 0 Å². The highest BCUT2D eigenvalue weighted by molar-refractivity contribution is 4.77. The van der Waals surface area contributed by atoms with Gasteiger partial charge in [0.2, 0.25) is 0 Å². The zero-order valence-corrected chi connectivity index (χ0v) is 8.77. The molecule has 1 fully saturated rings. The molecule has 0 unspecified atom stereocenters. The molecule has 0 aromatic rings. The molecule has 1 aliphatic rings. The summed E-state index contributed by atoms with van der Waals surface area (Å²) in [7, 11) is 0. The smallest absolute Gasteiger partial charge is 0.00390 e. The predicted octanol–water partition coefficient (Wildman–Crippen LogP) is 2.94. The molecule has 0 atom stereocenters. The molecular weight excluding hydrogens is 146 g/mol. The van der Waals surface area contributed by atoms with Gasteiger partial charge in [-0.2, -0.15) is 0 Å². The van der Waals surface area contributed by atoms with E-state index in [1.165, 1.54) is 32.1 Å². The monoisotopic (exact) mass is 169 g/mol. The molecular formula is C11H23N. The molecule has 1 nitrogen and oxygen atoms in total. The molecule has 72 valence electrons. The van der Waals surface area contributed by atoms with E-state index in [1.54, 1.807) is 0 Å². The first-order valence-electron chi connectivity index (χ1n) is 5.23. The van der Waals surface area contributed by atoms with Gasteiger partial charge in [0.25, 0.3) is 0 Å². The average molecular weight is 169 g/mol. The summed E-state index contributed by atoms with van der Waals surface area (Å²) in [5.74, 6) is 0.949. The lowest BCUT2D eigenvalue weighted by Gasteiger charge is -2.31. The number of hydrogen-bond donors (Lipinski definition) is 1. The molecule has 0 saturated heterocycles. The van der Waals surface area contributed by atoms with Gasteiger partial charge in [0.15, 0.2) is 0 Å². The lowest BCUT2D eigenvalue weighted by molar-refractivity contribution is 0.228. The van der Waals surface area contributed by atoms with Crippen LogP contribution in [0.3, 0.4) is 0 Å². The first kappa shape index (κ1) is 10.0. The molecule has 0 aromatic carbocycles. The largest absolute Gasteiger partial charge is 0.328 e. The summed E-state index contributed by atoms with van der Waals surface area (Å²) in [6, 6.07) is 0.501. The van der Waals surface area contributed by atoms with Crippen molar-refractivity contribution in [2.45, 2.75) is 58.9 Å². The van der Waals surface area contributed by atoms with Crippen LogP contribution >= 0.6 is 0 Å². The fourth-order valence-corrected chi connectivity index (χ4v) is 2.26. The summed E-state index contributed by atoms with van der Waals surface area (Å²) in [5.41, 5.74) is 6.37. The van der Waals surface area contributed by atoms with Crippen LogP contribution in [0.2, 0.25) is 0 Å². The van der Waals surface area contributed by atoms with Crippen LogP contribution in [-0.4, -0.2) is 6.04 Å². The molecule has 0 spiro atoms. The minimum atomic E-state index is 0.501. The van der Waals surface area contributed by atoms with Crippen molar-refractivity contribution in [1.82, 2.24) is 0 Å². The van der Waals surface area contributed by atoms with E-state index in [0.29, 0.717) is 11.5 Å². The molecule has 2 N–H and O–H groups in total. The first-order valence-corrected chi connectivity index (χ1v) is 5.23. The third kappa shape index (κ3) is 3.57. The van der Waals surface area contributed by atoms with Crippen molar-refractivity contribution >= 4 is 0 Å². The summed E-state index contributed by atoms with van der Waals surface area (Å²) in [6.45, 7) is 7.00. The highest BCUT2D eigenvalue weighted by Gasteiger charge is 2.23. The molecule has 0 radical (unpaired) electrons. The molecule has 1 heteroatoms. The van der Waals surface area contributed by atoms with Crippen LogP contribution in [0.25, 0.3) is 0 Å². The van der Waals surface area contributed by atoms with Crippen molar-refractivity contribution in [3.8, 4) is 0 Å². The van der Waals surface area contributed by atoms with E-state index in [-0.39, 0.29) is 0 Å². The Hall–Kier alpha value is -0.0400. The Labute approximate surface area is 76.7 Å². The normalized spacial score (nSPS) is 32.0. The first-order chi connectivity index (χ1) is 5.47. The molecule has 0 amide bonds.